The van der Waals surface area contributed by atoms with E-state index in [9.17, 15) is 0 Å². The summed E-state index contributed by atoms with van der Waals surface area (Å²) >= 11 is 0. The second kappa shape index (κ2) is 9.82. The van der Waals surface area contributed by atoms with Gasteiger partial charge in [-0.15, -0.1) is 0 Å². The molecule has 0 aromatic carbocycles. The highest BCUT2D eigenvalue weighted by molar-refractivity contribution is 5.17. The Labute approximate surface area is 108 Å². The van der Waals surface area contributed by atoms with Crippen LogP contribution in [0.5, 0.6) is 5.88 Å². The van der Waals surface area contributed by atoms with Gasteiger partial charge >= 0.3 is 0 Å². The van der Waals surface area contributed by atoms with Crippen LogP contribution in [0.1, 0.15) is 12.5 Å². The maximum Gasteiger partial charge on any atom is 0.213 e. The van der Waals surface area contributed by atoms with Crippen molar-refractivity contribution in [1.29, 1.82) is 0 Å². The van der Waals surface area contributed by atoms with Crippen LogP contribution in [0, 0.1) is 0 Å². The van der Waals surface area contributed by atoms with Crippen molar-refractivity contribution < 1.29 is 14.2 Å². The lowest BCUT2D eigenvalue weighted by Gasteiger charge is -2.07. The van der Waals surface area contributed by atoms with Gasteiger partial charge in [0, 0.05) is 25.9 Å². The van der Waals surface area contributed by atoms with Crippen LogP contribution in [0.15, 0.2) is 18.3 Å². The summed E-state index contributed by atoms with van der Waals surface area (Å²) in [5.41, 5.74) is 1.15. The smallest absolute Gasteiger partial charge is 0.213 e. The molecule has 1 N–H and O–H groups in total. The zero-order chi connectivity index (χ0) is 13.1. The molecule has 1 aromatic rings. The number of nitrogens with one attached hydrogen (secondary N) is 1. The third kappa shape index (κ3) is 6.54. The van der Waals surface area contributed by atoms with Crippen LogP contribution in [0.2, 0.25) is 0 Å². The Balaban J connectivity index is 2.14. The quantitative estimate of drug-likeness (QED) is 0.637. The summed E-state index contributed by atoms with van der Waals surface area (Å²) in [7, 11) is 1.65. The number of hydrogen-bond donors (Lipinski definition) is 1. The van der Waals surface area contributed by atoms with E-state index >= 15 is 0 Å². The van der Waals surface area contributed by atoms with Crippen molar-refractivity contribution in [3.05, 3.63) is 23.9 Å². The summed E-state index contributed by atoms with van der Waals surface area (Å²) in [5.74, 6) is 0.630. The third-order valence-electron chi connectivity index (χ3n) is 2.29. The number of methoxy groups -OCH3 is 1. The van der Waals surface area contributed by atoms with Crippen molar-refractivity contribution in [1.82, 2.24) is 10.3 Å². The van der Waals surface area contributed by atoms with Crippen LogP contribution < -0.4 is 10.1 Å². The monoisotopic (exact) mass is 254 g/mol. The predicted molar refractivity (Wildman–Crippen MR) is 69.8 cm³/mol. The topological polar surface area (TPSA) is 52.6 Å². The first-order valence-corrected chi connectivity index (χ1v) is 6.22. The molecule has 0 radical (unpaired) electrons. The summed E-state index contributed by atoms with van der Waals surface area (Å²) in [5, 5.41) is 3.24. The summed E-state index contributed by atoms with van der Waals surface area (Å²) in [6, 6.07) is 3.89. The molecule has 0 aliphatic carbocycles. The first-order chi connectivity index (χ1) is 8.86. The minimum atomic E-state index is 0.503. The van der Waals surface area contributed by atoms with Crippen molar-refractivity contribution in [3.8, 4) is 5.88 Å². The van der Waals surface area contributed by atoms with Crippen molar-refractivity contribution in [3.63, 3.8) is 0 Å². The van der Waals surface area contributed by atoms with E-state index in [0.717, 1.165) is 18.7 Å². The molecule has 18 heavy (non-hydrogen) atoms. The fourth-order valence-corrected chi connectivity index (χ4v) is 1.32. The van der Waals surface area contributed by atoms with Gasteiger partial charge in [0.1, 0.15) is 6.61 Å². The Morgan fingerprint density at radius 2 is 2.00 bits per heavy atom. The summed E-state index contributed by atoms with van der Waals surface area (Å²) in [4.78, 5) is 4.22. The zero-order valence-electron chi connectivity index (χ0n) is 11.1. The Morgan fingerprint density at radius 1 is 1.17 bits per heavy atom. The molecule has 0 atom stereocenters. The minimum absolute atomic E-state index is 0.503. The highest BCUT2D eigenvalue weighted by Gasteiger charge is 1.97. The second-order valence-electron chi connectivity index (χ2n) is 3.74. The van der Waals surface area contributed by atoms with Gasteiger partial charge in [0.25, 0.3) is 0 Å². The van der Waals surface area contributed by atoms with Crippen molar-refractivity contribution in [2.45, 2.75) is 13.5 Å². The average molecular weight is 254 g/mol. The van der Waals surface area contributed by atoms with Gasteiger partial charge in [0.05, 0.1) is 19.8 Å². The van der Waals surface area contributed by atoms with E-state index in [0.29, 0.717) is 32.3 Å². The SMILES string of the molecule is CCNCc1ccc(OCCOCCOC)nc1. The van der Waals surface area contributed by atoms with Crippen LogP contribution >= 0.6 is 0 Å². The normalized spacial score (nSPS) is 10.6. The molecule has 0 aliphatic rings. The standard InChI is InChI=1S/C13H22N2O3/c1-3-14-10-12-4-5-13(15-11-12)18-9-8-17-7-6-16-2/h4-5,11,14H,3,6-10H2,1-2H3. The third-order valence-corrected chi connectivity index (χ3v) is 2.29. The van der Waals surface area contributed by atoms with Crippen LogP contribution in [0.4, 0.5) is 0 Å². The Kier molecular flexibility index (Phi) is 8.12. The van der Waals surface area contributed by atoms with Crippen LogP contribution in [0.25, 0.3) is 0 Å². The fraction of sp³-hybridized carbons (Fsp3) is 0.615. The van der Waals surface area contributed by atoms with Crippen molar-refractivity contribution >= 4 is 0 Å². The lowest BCUT2D eigenvalue weighted by atomic mass is 10.3. The molecule has 102 valence electrons. The number of aromatic nitrogens is 1. The van der Waals surface area contributed by atoms with E-state index in [1.165, 1.54) is 0 Å². The largest absolute Gasteiger partial charge is 0.475 e. The Hall–Kier alpha value is -1.17. The first kappa shape index (κ1) is 14.9. The van der Waals surface area contributed by atoms with Crippen molar-refractivity contribution in [2.75, 3.05) is 40.1 Å². The molecule has 0 saturated heterocycles. The van der Waals surface area contributed by atoms with Gasteiger partial charge < -0.3 is 19.5 Å². The maximum absolute atomic E-state index is 5.45. The van der Waals surface area contributed by atoms with Gasteiger partial charge in [-0.3, -0.25) is 0 Å². The maximum atomic E-state index is 5.45. The van der Waals surface area contributed by atoms with Crippen LogP contribution in [-0.2, 0) is 16.0 Å². The molecular formula is C13H22N2O3. The molecule has 5 heteroatoms. The van der Waals surface area contributed by atoms with Crippen LogP contribution in [0.3, 0.4) is 0 Å². The first-order valence-electron chi connectivity index (χ1n) is 6.22. The zero-order valence-corrected chi connectivity index (χ0v) is 11.1. The van der Waals surface area contributed by atoms with Gasteiger partial charge in [-0.2, -0.15) is 0 Å². The van der Waals surface area contributed by atoms with E-state index in [1.54, 1.807) is 7.11 Å². The second-order valence-corrected chi connectivity index (χ2v) is 3.74. The Morgan fingerprint density at radius 3 is 2.67 bits per heavy atom. The molecule has 0 aliphatic heterocycles. The predicted octanol–water partition coefficient (Wildman–Crippen LogP) is 1.23. The summed E-state index contributed by atoms with van der Waals surface area (Å²) < 4.78 is 15.6. The Bertz CT molecular complexity index is 304. The number of hydrogen-bond acceptors (Lipinski definition) is 5. The lowest BCUT2D eigenvalue weighted by Crippen LogP contribution is -2.12. The number of rotatable bonds is 10. The van der Waals surface area contributed by atoms with Gasteiger partial charge in [-0.25, -0.2) is 4.98 Å². The average Bonchev–Trinajstić information content (AvgIpc) is 2.42. The molecule has 0 spiro atoms. The molecule has 0 amide bonds. The molecule has 5 nitrogen and oxygen atoms in total. The highest BCUT2D eigenvalue weighted by atomic mass is 16.5. The molecule has 0 unspecified atom stereocenters. The summed E-state index contributed by atoms with van der Waals surface area (Å²) in [6.45, 7) is 6.12. The number of nitrogens with zero attached hydrogens (tertiary/aromatic N) is 1. The number of ether oxygens (including phenoxy) is 3. The molecule has 0 fully saturated rings. The molecular weight excluding hydrogens is 232 g/mol. The van der Waals surface area contributed by atoms with E-state index in [1.807, 2.05) is 18.3 Å². The minimum Gasteiger partial charge on any atom is -0.475 e. The molecule has 0 bridgehead atoms. The van der Waals surface area contributed by atoms with Crippen molar-refractivity contribution in [2.24, 2.45) is 0 Å². The van der Waals surface area contributed by atoms with E-state index < -0.39 is 0 Å². The summed E-state index contributed by atoms with van der Waals surface area (Å²) in [6.07, 6.45) is 1.82. The molecule has 1 aromatic heterocycles. The van der Waals surface area contributed by atoms with E-state index in [-0.39, 0.29) is 0 Å². The molecule has 0 saturated carbocycles. The van der Waals surface area contributed by atoms with E-state index in [4.69, 9.17) is 14.2 Å². The lowest BCUT2D eigenvalue weighted by molar-refractivity contribution is 0.0537. The van der Waals surface area contributed by atoms with Crippen LogP contribution in [-0.4, -0.2) is 45.1 Å². The fourth-order valence-electron chi connectivity index (χ4n) is 1.32. The van der Waals surface area contributed by atoms with Gasteiger partial charge in [-0.1, -0.05) is 13.0 Å². The molecule has 1 rings (SSSR count). The van der Waals surface area contributed by atoms with Gasteiger partial charge in [0.15, 0.2) is 0 Å². The number of pyridine rings is 1. The van der Waals surface area contributed by atoms with Gasteiger partial charge in [0.2, 0.25) is 5.88 Å². The van der Waals surface area contributed by atoms with E-state index in [2.05, 4.69) is 17.2 Å². The molecule has 1 heterocycles. The highest BCUT2D eigenvalue weighted by Crippen LogP contribution is 2.07. The van der Waals surface area contributed by atoms with Gasteiger partial charge in [-0.05, 0) is 12.1 Å².